The molecule has 0 heterocycles. The summed E-state index contributed by atoms with van der Waals surface area (Å²) in [6, 6.07) is 7.99. The summed E-state index contributed by atoms with van der Waals surface area (Å²) in [5.41, 5.74) is 1.22. The number of ketones is 1. The Hall–Kier alpha value is -1.31. The van der Waals surface area contributed by atoms with Crippen LogP contribution in [-0.4, -0.2) is 12.9 Å². The fourth-order valence-electron chi connectivity index (χ4n) is 1.92. The van der Waals surface area contributed by atoms with Crippen molar-refractivity contribution in [1.29, 1.82) is 0 Å². The highest BCUT2D eigenvalue weighted by atomic mass is 16.5. The fraction of sp³-hybridized carbons (Fsp3) is 0.417. The smallest absolute Gasteiger partial charge is 0.136 e. The van der Waals surface area contributed by atoms with Crippen LogP contribution in [0.3, 0.4) is 0 Å². The minimum atomic E-state index is 0.183. The number of hydrogen-bond donors (Lipinski definition) is 0. The third-order valence-electron chi connectivity index (χ3n) is 3.05. The van der Waals surface area contributed by atoms with Crippen molar-refractivity contribution in [3.05, 3.63) is 29.8 Å². The topological polar surface area (TPSA) is 26.3 Å². The number of benzene rings is 1. The molecule has 1 saturated carbocycles. The van der Waals surface area contributed by atoms with E-state index in [4.69, 9.17) is 4.74 Å². The molecule has 0 amide bonds. The predicted octanol–water partition coefficient (Wildman–Crippen LogP) is 2.39. The minimum Gasteiger partial charge on any atom is -0.497 e. The van der Waals surface area contributed by atoms with Gasteiger partial charge in [-0.1, -0.05) is 19.1 Å². The monoisotopic (exact) mass is 190 g/mol. The molecule has 2 heteroatoms. The molecule has 2 unspecified atom stereocenters. The predicted molar refractivity (Wildman–Crippen MR) is 54.5 cm³/mol. The Labute approximate surface area is 83.9 Å². The van der Waals surface area contributed by atoms with Crippen molar-refractivity contribution in [2.45, 2.75) is 19.3 Å². The second kappa shape index (κ2) is 3.45. The van der Waals surface area contributed by atoms with E-state index in [2.05, 4.69) is 6.07 Å². The second-order valence-corrected chi connectivity index (χ2v) is 3.84. The standard InChI is InChI=1S/C12H14O2/c1-8-11(7-12(8)13)9-4-3-5-10(6-9)14-2/h3-6,8,11H,7H2,1-2H3. The Bertz CT molecular complexity index is 357. The Balaban J connectivity index is 2.21. The molecule has 2 atom stereocenters. The molecule has 0 aromatic heterocycles. The van der Waals surface area contributed by atoms with Crippen LogP contribution in [0.2, 0.25) is 0 Å². The van der Waals surface area contributed by atoms with Crippen LogP contribution >= 0.6 is 0 Å². The van der Waals surface area contributed by atoms with Crippen LogP contribution in [0.15, 0.2) is 24.3 Å². The summed E-state index contributed by atoms with van der Waals surface area (Å²) in [6.07, 6.45) is 0.689. The van der Waals surface area contributed by atoms with Crippen molar-refractivity contribution in [2.75, 3.05) is 7.11 Å². The number of carbonyl (C=O) groups is 1. The number of methoxy groups -OCH3 is 1. The van der Waals surface area contributed by atoms with E-state index in [1.807, 2.05) is 25.1 Å². The average molecular weight is 190 g/mol. The second-order valence-electron chi connectivity index (χ2n) is 3.84. The van der Waals surface area contributed by atoms with Gasteiger partial charge in [-0.2, -0.15) is 0 Å². The molecule has 0 spiro atoms. The van der Waals surface area contributed by atoms with Gasteiger partial charge in [-0.15, -0.1) is 0 Å². The van der Waals surface area contributed by atoms with Gasteiger partial charge >= 0.3 is 0 Å². The van der Waals surface area contributed by atoms with Gasteiger partial charge < -0.3 is 4.74 Å². The van der Waals surface area contributed by atoms with Crippen molar-refractivity contribution < 1.29 is 9.53 Å². The lowest BCUT2D eigenvalue weighted by molar-refractivity contribution is -0.130. The summed E-state index contributed by atoms with van der Waals surface area (Å²) >= 11 is 0. The Kier molecular flexibility index (Phi) is 2.28. The minimum absolute atomic E-state index is 0.183. The van der Waals surface area contributed by atoms with Gasteiger partial charge in [0.2, 0.25) is 0 Å². The molecule has 0 bridgehead atoms. The van der Waals surface area contributed by atoms with Crippen LogP contribution in [-0.2, 0) is 4.79 Å². The molecule has 14 heavy (non-hydrogen) atoms. The van der Waals surface area contributed by atoms with Gasteiger partial charge in [-0.3, -0.25) is 4.79 Å². The molecule has 1 aliphatic rings. The van der Waals surface area contributed by atoms with Crippen molar-refractivity contribution >= 4 is 5.78 Å². The van der Waals surface area contributed by atoms with Gasteiger partial charge in [0.1, 0.15) is 11.5 Å². The van der Waals surface area contributed by atoms with Gasteiger partial charge in [-0.25, -0.2) is 0 Å². The van der Waals surface area contributed by atoms with E-state index in [1.54, 1.807) is 7.11 Å². The van der Waals surface area contributed by atoms with Crippen molar-refractivity contribution in [3.63, 3.8) is 0 Å². The van der Waals surface area contributed by atoms with E-state index in [-0.39, 0.29) is 5.92 Å². The fourth-order valence-corrected chi connectivity index (χ4v) is 1.92. The van der Waals surface area contributed by atoms with Crippen LogP contribution < -0.4 is 4.74 Å². The first-order valence-electron chi connectivity index (χ1n) is 4.89. The molecular weight excluding hydrogens is 176 g/mol. The van der Waals surface area contributed by atoms with Crippen LogP contribution in [0, 0.1) is 5.92 Å². The first kappa shape index (κ1) is 9.25. The number of ether oxygens (including phenoxy) is 1. The number of rotatable bonds is 2. The first-order valence-corrected chi connectivity index (χ1v) is 4.89. The highest BCUT2D eigenvalue weighted by molar-refractivity contribution is 5.89. The largest absolute Gasteiger partial charge is 0.497 e. The van der Waals surface area contributed by atoms with Gasteiger partial charge in [-0.05, 0) is 17.7 Å². The highest BCUT2D eigenvalue weighted by Gasteiger charge is 2.36. The van der Waals surface area contributed by atoms with Crippen LogP contribution in [0.5, 0.6) is 5.75 Å². The molecule has 74 valence electrons. The van der Waals surface area contributed by atoms with Crippen LogP contribution in [0.25, 0.3) is 0 Å². The summed E-state index contributed by atoms with van der Waals surface area (Å²) in [6.45, 7) is 2.00. The molecule has 0 N–H and O–H groups in total. The Morgan fingerprint density at radius 2 is 2.21 bits per heavy atom. The summed E-state index contributed by atoms with van der Waals surface area (Å²) in [7, 11) is 1.66. The SMILES string of the molecule is COc1cccc(C2CC(=O)C2C)c1. The molecule has 0 aliphatic heterocycles. The summed E-state index contributed by atoms with van der Waals surface area (Å²) in [5.74, 6) is 1.83. The van der Waals surface area contributed by atoms with E-state index in [9.17, 15) is 4.79 Å². The molecule has 1 aromatic carbocycles. The lowest BCUT2D eigenvalue weighted by Gasteiger charge is -2.32. The number of hydrogen-bond acceptors (Lipinski definition) is 2. The summed E-state index contributed by atoms with van der Waals surface area (Å²) in [5, 5.41) is 0. The molecular formula is C12H14O2. The summed E-state index contributed by atoms with van der Waals surface area (Å²) in [4.78, 5) is 11.1. The highest BCUT2D eigenvalue weighted by Crippen LogP contribution is 2.39. The molecule has 1 fully saturated rings. The third-order valence-corrected chi connectivity index (χ3v) is 3.05. The lowest BCUT2D eigenvalue weighted by atomic mass is 9.70. The van der Waals surface area contributed by atoms with Crippen molar-refractivity contribution in [2.24, 2.45) is 5.92 Å². The zero-order chi connectivity index (χ0) is 10.1. The maximum Gasteiger partial charge on any atom is 0.136 e. The molecule has 0 saturated heterocycles. The molecule has 0 radical (unpaired) electrons. The van der Waals surface area contributed by atoms with E-state index in [1.165, 1.54) is 5.56 Å². The maximum absolute atomic E-state index is 11.1. The Morgan fingerprint density at radius 3 is 2.79 bits per heavy atom. The zero-order valence-electron chi connectivity index (χ0n) is 8.49. The van der Waals surface area contributed by atoms with Crippen molar-refractivity contribution in [3.8, 4) is 5.75 Å². The van der Waals surface area contributed by atoms with E-state index in [0.717, 1.165) is 5.75 Å². The van der Waals surface area contributed by atoms with Crippen LogP contribution in [0.4, 0.5) is 0 Å². The maximum atomic E-state index is 11.1. The van der Waals surface area contributed by atoms with Crippen LogP contribution in [0.1, 0.15) is 24.8 Å². The Morgan fingerprint density at radius 1 is 1.43 bits per heavy atom. The first-order chi connectivity index (χ1) is 6.72. The van der Waals surface area contributed by atoms with E-state index in [0.29, 0.717) is 18.1 Å². The number of Topliss-reactive ketones (excluding diaryl/α,β-unsaturated/α-hetero) is 1. The number of carbonyl (C=O) groups excluding carboxylic acids is 1. The molecule has 2 nitrogen and oxygen atoms in total. The van der Waals surface area contributed by atoms with Gasteiger partial charge in [0, 0.05) is 18.3 Å². The lowest BCUT2D eigenvalue weighted by Crippen LogP contribution is -2.32. The van der Waals surface area contributed by atoms with E-state index < -0.39 is 0 Å². The molecule has 1 aliphatic carbocycles. The average Bonchev–Trinajstić information content (AvgIpc) is 2.25. The quantitative estimate of drug-likeness (QED) is 0.715. The van der Waals surface area contributed by atoms with Gasteiger partial charge in [0.15, 0.2) is 0 Å². The normalized spacial score (nSPS) is 25.7. The van der Waals surface area contributed by atoms with Crippen molar-refractivity contribution in [1.82, 2.24) is 0 Å². The third kappa shape index (κ3) is 1.41. The molecule has 1 aromatic rings. The van der Waals surface area contributed by atoms with E-state index >= 15 is 0 Å². The zero-order valence-corrected chi connectivity index (χ0v) is 8.49. The molecule has 2 rings (SSSR count). The summed E-state index contributed by atoms with van der Waals surface area (Å²) < 4.78 is 5.15. The van der Waals surface area contributed by atoms with Gasteiger partial charge in [0.05, 0.1) is 7.11 Å². The van der Waals surface area contributed by atoms with Gasteiger partial charge in [0.25, 0.3) is 0 Å².